The van der Waals surface area contributed by atoms with Gasteiger partial charge in [0.1, 0.15) is 17.2 Å². The van der Waals surface area contributed by atoms with Crippen LogP contribution in [0, 0.1) is 0 Å². The largest absolute Gasteiger partial charge is 0.456 e. The van der Waals surface area contributed by atoms with Gasteiger partial charge < -0.3 is 14.0 Å². The lowest BCUT2D eigenvalue weighted by Crippen LogP contribution is -2.12. The lowest BCUT2D eigenvalue weighted by atomic mass is 10.1. The minimum absolute atomic E-state index is 0.0398. The molecule has 0 N–H and O–H groups in total. The number of aromatic nitrogens is 7. The summed E-state index contributed by atoms with van der Waals surface area (Å²) in [5.41, 5.74) is 1.79. The van der Waals surface area contributed by atoms with Crippen molar-refractivity contribution in [3.63, 3.8) is 0 Å². The third-order valence-electron chi connectivity index (χ3n) is 4.94. The predicted molar refractivity (Wildman–Crippen MR) is 131 cm³/mol. The van der Waals surface area contributed by atoms with Gasteiger partial charge in [0.25, 0.3) is 11.8 Å². The van der Waals surface area contributed by atoms with Crippen molar-refractivity contribution in [3.8, 4) is 23.1 Å². The van der Waals surface area contributed by atoms with Gasteiger partial charge in [0, 0.05) is 17.5 Å². The average Bonchev–Trinajstić information content (AvgIpc) is 3.57. The maximum Gasteiger partial charge on any atom is 0.266 e. The molecule has 0 aliphatic carbocycles. The first-order valence-corrected chi connectivity index (χ1v) is 12.0. The van der Waals surface area contributed by atoms with Gasteiger partial charge in [-0.3, -0.25) is 0 Å². The van der Waals surface area contributed by atoms with Gasteiger partial charge in [0.05, 0.1) is 6.20 Å². The number of oxime groups is 1. The molecule has 5 rings (SSSR count). The van der Waals surface area contributed by atoms with Crippen LogP contribution in [0.4, 0.5) is 0 Å². The molecular formula is C24H20N8O3S. The molecule has 2 aromatic carbocycles. The van der Waals surface area contributed by atoms with Crippen LogP contribution >= 0.6 is 11.8 Å². The second kappa shape index (κ2) is 10.8. The molecule has 12 heteroatoms. The highest BCUT2D eigenvalue weighted by Gasteiger charge is 2.16. The van der Waals surface area contributed by atoms with Gasteiger partial charge in [-0.05, 0) is 53.1 Å². The number of pyridine rings is 1. The maximum atomic E-state index is 5.84. The Morgan fingerprint density at radius 3 is 2.47 bits per heavy atom. The molecule has 0 amide bonds. The molecule has 3 aromatic heterocycles. The Balaban J connectivity index is 1.25. The smallest absolute Gasteiger partial charge is 0.266 e. The third kappa shape index (κ3) is 5.39. The first-order chi connectivity index (χ1) is 17.7. The number of aryl methyl sites for hydroxylation is 1. The lowest BCUT2D eigenvalue weighted by molar-refractivity contribution is 0.111. The number of hydrogen-bond donors (Lipinski definition) is 0. The van der Waals surface area contributed by atoms with E-state index < -0.39 is 0 Å². The fourth-order valence-corrected chi connectivity index (χ4v) is 3.57. The number of nitrogens with zero attached hydrogens (tertiary/aromatic N) is 8. The van der Waals surface area contributed by atoms with E-state index in [-0.39, 0.29) is 18.4 Å². The van der Waals surface area contributed by atoms with E-state index in [9.17, 15) is 0 Å². The topological polar surface area (TPSA) is 126 Å². The maximum absolute atomic E-state index is 5.84. The van der Waals surface area contributed by atoms with Crippen molar-refractivity contribution in [2.24, 2.45) is 12.2 Å². The van der Waals surface area contributed by atoms with E-state index in [1.54, 1.807) is 37.1 Å². The van der Waals surface area contributed by atoms with Gasteiger partial charge >= 0.3 is 0 Å². The Morgan fingerprint density at radius 2 is 1.78 bits per heavy atom. The highest BCUT2D eigenvalue weighted by molar-refractivity contribution is 7.98. The summed E-state index contributed by atoms with van der Waals surface area (Å²) in [4.78, 5) is 11.0. The number of ether oxygens (including phenoxy) is 1. The second-order valence-corrected chi connectivity index (χ2v) is 8.24. The van der Waals surface area contributed by atoms with Crippen LogP contribution in [0.1, 0.15) is 17.3 Å². The number of benzene rings is 2. The molecule has 11 nitrogen and oxygen atoms in total. The first-order valence-electron chi connectivity index (χ1n) is 10.8. The lowest BCUT2D eigenvalue weighted by Gasteiger charge is -2.06. The molecule has 0 atom stereocenters. The molecule has 0 radical (unpaired) electrons. The van der Waals surface area contributed by atoms with Crippen molar-refractivity contribution in [1.29, 1.82) is 0 Å². The van der Waals surface area contributed by atoms with E-state index in [0.717, 1.165) is 11.3 Å². The number of thioether (sulfide) groups is 1. The highest BCUT2D eigenvalue weighted by atomic mass is 32.2. The zero-order valence-electron chi connectivity index (χ0n) is 19.3. The van der Waals surface area contributed by atoms with Crippen LogP contribution in [0.5, 0.6) is 11.5 Å². The highest BCUT2D eigenvalue weighted by Crippen LogP contribution is 2.25. The standard InChI is InChI=1S/C24H20N8O3S/c1-32-23(27-30-31-32)22(16-6-4-3-5-7-16)29-33-15-21-26-28-24(35-21)20-13-10-18(14-25-20)34-17-8-11-19(36-2)12-9-17/h3-14H,15H2,1-2H3/b29-22-. The minimum Gasteiger partial charge on any atom is -0.456 e. The Hall–Kier alpha value is -4.58. The molecule has 0 unspecified atom stereocenters. The van der Waals surface area contributed by atoms with Crippen LogP contribution in [-0.2, 0) is 18.5 Å². The van der Waals surface area contributed by atoms with Crippen LogP contribution in [0.25, 0.3) is 11.6 Å². The molecule has 3 heterocycles. The van der Waals surface area contributed by atoms with Gasteiger partial charge in [0.2, 0.25) is 5.82 Å². The molecule has 0 aliphatic rings. The van der Waals surface area contributed by atoms with Crippen LogP contribution in [-0.4, -0.2) is 47.4 Å². The zero-order chi connectivity index (χ0) is 24.7. The second-order valence-electron chi connectivity index (χ2n) is 7.36. The summed E-state index contributed by atoms with van der Waals surface area (Å²) >= 11 is 1.67. The van der Waals surface area contributed by atoms with E-state index in [1.807, 2.05) is 60.9 Å². The Labute approximate surface area is 210 Å². The normalized spacial score (nSPS) is 11.4. The summed E-state index contributed by atoms with van der Waals surface area (Å²) in [7, 11) is 1.72. The van der Waals surface area contributed by atoms with E-state index in [2.05, 4.69) is 35.9 Å². The van der Waals surface area contributed by atoms with Crippen LogP contribution in [0.2, 0.25) is 0 Å². The van der Waals surface area contributed by atoms with Crippen LogP contribution in [0.3, 0.4) is 0 Å². The van der Waals surface area contributed by atoms with Crippen molar-refractivity contribution in [2.75, 3.05) is 6.26 Å². The molecule has 0 bridgehead atoms. The summed E-state index contributed by atoms with van der Waals surface area (Å²) in [6, 6.07) is 20.8. The summed E-state index contributed by atoms with van der Waals surface area (Å²) in [6.45, 7) is -0.0398. The number of hydrogen-bond acceptors (Lipinski definition) is 11. The Morgan fingerprint density at radius 1 is 0.972 bits per heavy atom. The summed E-state index contributed by atoms with van der Waals surface area (Å²) in [6.07, 6.45) is 3.63. The van der Waals surface area contributed by atoms with E-state index in [0.29, 0.717) is 23.0 Å². The SMILES string of the molecule is CSc1ccc(Oc2ccc(-c3nnc(CO/N=C(/c4ccccc4)c4nnnn4C)o3)nc2)cc1. The third-order valence-corrected chi connectivity index (χ3v) is 5.68. The van der Waals surface area contributed by atoms with Gasteiger partial charge in [-0.2, -0.15) is 0 Å². The van der Waals surface area contributed by atoms with Gasteiger partial charge in [0.15, 0.2) is 12.3 Å². The summed E-state index contributed by atoms with van der Waals surface area (Å²) < 4.78 is 13.0. The first kappa shape index (κ1) is 23.2. The molecule has 0 spiro atoms. The van der Waals surface area contributed by atoms with Crippen LogP contribution in [0.15, 0.2) is 87.4 Å². The van der Waals surface area contributed by atoms with E-state index >= 15 is 0 Å². The molecule has 0 saturated carbocycles. The van der Waals surface area contributed by atoms with Crippen molar-refractivity contribution >= 4 is 17.5 Å². The van der Waals surface area contributed by atoms with Crippen molar-refractivity contribution < 1.29 is 14.0 Å². The average molecular weight is 501 g/mol. The molecule has 0 aliphatic heterocycles. The molecule has 180 valence electrons. The zero-order valence-corrected chi connectivity index (χ0v) is 20.2. The quantitative estimate of drug-likeness (QED) is 0.166. The monoisotopic (exact) mass is 500 g/mol. The van der Waals surface area contributed by atoms with Crippen LogP contribution < -0.4 is 4.74 Å². The molecule has 0 saturated heterocycles. The van der Waals surface area contributed by atoms with Crippen molar-refractivity contribution in [1.82, 2.24) is 35.4 Å². The summed E-state index contributed by atoms with van der Waals surface area (Å²) in [5, 5.41) is 23.9. The number of tetrazole rings is 1. The fourth-order valence-electron chi connectivity index (χ4n) is 3.16. The minimum atomic E-state index is -0.0398. The molecule has 0 fully saturated rings. The van der Waals surface area contributed by atoms with Crippen molar-refractivity contribution in [2.45, 2.75) is 11.5 Å². The number of rotatable bonds is 9. The van der Waals surface area contributed by atoms with Gasteiger partial charge in [-0.15, -0.1) is 27.1 Å². The Bertz CT molecular complexity index is 1450. The fraction of sp³-hybridized carbons (Fsp3) is 0.125. The summed E-state index contributed by atoms with van der Waals surface area (Å²) in [5.74, 6) is 2.29. The van der Waals surface area contributed by atoms with E-state index in [1.165, 1.54) is 9.58 Å². The van der Waals surface area contributed by atoms with Gasteiger partial charge in [-0.25, -0.2) is 9.67 Å². The van der Waals surface area contributed by atoms with Crippen molar-refractivity contribution in [3.05, 3.63) is 90.2 Å². The predicted octanol–water partition coefficient (Wildman–Crippen LogP) is 4.14. The van der Waals surface area contributed by atoms with E-state index in [4.69, 9.17) is 14.0 Å². The molecule has 36 heavy (non-hydrogen) atoms. The molecular weight excluding hydrogens is 480 g/mol. The van der Waals surface area contributed by atoms with Gasteiger partial charge in [-0.1, -0.05) is 35.5 Å². The molecule has 5 aromatic rings. The Kier molecular flexibility index (Phi) is 6.94.